The van der Waals surface area contributed by atoms with Crippen molar-refractivity contribution in [2.24, 2.45) is 4.99 Å². The number of sulfone groups is 1. The lowest BCUT2D eigenvalue weighted by Gasteiger charge is -2.14. The van der Waals surface area contributed by atoms with Gasteiger partial charge in [-0.3, -0.25) is 4.99 Å². The lowest BCUT2D eigenvalue weighted by atomic mass is 10.1. The number of hydrogen-bond donors (Lipinski definition) is 3. The van der Waals surface area contributed by atoms with Crippen LogP contribution in [0.2, 0.25) is 0 Å². The quantitative estimate of drug-likeness (QED) is 0.171. The fraction of sp³-hybridized carbons (Fsp3) is 0.333. The van der Waals surface area contributed by atoms with Crippen LogP contribution in [0.5, 0.6) is 0 Å². The minimum atomic E-state index is -3.22. The number of aryl methyl sites for hydroxylation is 1. The van der Waals surface area contributed by atoms with Crippen molar-refractivity contribution in [3.05, 3.63) is 65.2 Å². The average molecular weight is 559 g/mol. The summed E-state index contributed by atoms with van der Waals surface area (Å²) >= 11 is 0. The molecule has 3 N–H and O–H groups in total. The molecule has 0 saturated carbocycles. The zero-order chi connectivity index (χ0) is 21.6. The summed E-state index contributed by atoms with van der Waals surface area (Å²) in [6.45, 7) is 0.946. The van der Waals surface area contributed by atoms with Gasteiger partial charge in [0.05, 0.1) is 16.8 Å². The third-order valence-electron chi connectivity index (χ3n) is 4.58. The normalized spacial score (nSPS) is 11.9. The highest BCUT2D eigenvalue weighted by Gasteiger charge is 2.11. The number of benzene rings is 2. The number of para-hydroxylation sites is 2. The van der Waals surface area contributed by atoms with E-state index in [9.17, 15) is 12.8 Å². The Labute approximate surface area is 198 Å². The molecule has 10 heteroatoms. The van der Waals surface area contributed by atoms with Gasteiger partial charge in [0.25, 0.3) is 0 Å². The maximum atomic E-state index is 13.6. The predicted octanol–water partition coefficient (Wildman–Crippen LogP) is 3.16. The molecule has 0 fully saturated rings. The average Bonchev–Trinajstić information content (AvgIpc) is 3.11. The summed E-state index contributed by atoms with van der Waals surface area (Å²) in [6.07, 6.45) is 2.80. The molecule has 0 radical (unpaired) electrons. The van der Waals surface area contributed by atoms with Gasteiger partial charge in [0.2, 0.25) is 0 Å². The fourth-order valence-corrected chi connectivity index (χ4v) is 4.02. The molecule has 0 atom stereocenters. The Morgan fingerprint density at radius 2 is 1.94 bits per heavy atom. The van der Waals surface area contributed by atoms with Gasteiger partial charge in [0, 0.05) is 32.8 Å². The molecule has 0 aliphatic carbocycles. The molecular weight excluding hydrogens is 532 g/mol. The Morgan fingerprint density at radius 3 is 2.65 bits per heavy atom. The second-order valence-corrected chi connectivity index (χ2v) is 9.28. The molecule has 168 valence electrons. The standard InChI is InChI=1S/C21H26FN5O2S.HI/c1-23-21(24-11-5-8-20-26-18-6-3-4-7-19(18)27-20)25-13-16-12-17(22)10-9-15(16)14-30(2,28)29;/h3-4,6-7,9-10,12H,5,8,11,13-14H2,1-2H3,(H,26,27)(H2,23,24,25);1H. The lowest BCUT2D eigenvalue weighted by Crippen LogP contribution is -2.37. The fourth-order valence-electron chi connectivity index (χ4n) is 3.17. The molecule has 0 bridgehead atoms. The second kappa shape index (κ2) is 11.4. The lowest BCUT2D eigenvalue weighted by molar-refractivity contribution is 0.599. The van der Waals surface area contributed by atoms with Crippen molar-refractivity contribution in [1.29, 1.82) is 0 Å². The van der Waals surface area contributed by atoms with E-state index in [1.165, 1.54) is 18.2 Å². The SMILES string of the molecule is CN=C(NCCCc1nc2ccccc2[nH]1)NCc1cc(F)ccc1CS(C)(=O)=O.I. The van der Waals surface area contributed by atoms with Crippen LogP contribution in [0, 0.1) is 5.82 Å². The first-order valence-corrected chi connectivity index (χ1v) is 11.7. The molecule has 0 amide bonds. The van der Waals surface area contributed by atoms with Crippen LogP contribution < -0.4 is 10.6 Å². The summed E-state index contributed by atoms with van der Waals surface area (Å²) < 4.78 is 36.9. The van der Waals surface area contributed by atoms with Gasteiger partial charge in [-0.25, -0.2) is 17.8 Å². The van der Waals surface area contributed by atoms with Crippen molar-refractivity contribution in [1.82, 2.24) is 20.6 Å². The zero-order valence-corrected chi connectivity index (χ0v) is 20.6. The van der Waals surface area contributed by atoms with E-state index >= 15 is 0 Å². The molecule has 1 aromatic heterocycles. The number of aliphatic imine (C=N–C) groups is 1. The van der Waals surface area contributed by atoms with Crippen LogP contribution in [0.15, 0.2) is 47.5 Å². The Morgan fingerprint density at radius 1 is 1.16 bits per heavy atom. The minimum Gasteiger partial charge on any atom is -0.356 e. The Bertz CT molecular complexity index is 1110. The monoisotopic (exact) mass is 559 g/mol. The van der Waals surface area contributed by atoms with Crippen molar-refractivity contribution in [3.63, 3.8) is 0 Å². The number of fused-ring (bicyclic) bond motifs is 1. The van der Waals surface area contributed by atoms with Crippen LogP contribution >= 0.6 is 24.0 Å². The summed E-state index contributed by atoms with van der Waals surface area (Å²) in [5.74, 6) is 0.964. The van der Waals surface area contributed by atoms with Gasteiger partial charge in [0.15, 0.2) is 15.8 Å². The largest absolute Gasteiger partial charge is 0.356 e. The second-order valence-electron chi connectivity index (χ2n) is 7.14. The van der Waals surface area contributed by atoms with Crippen molar-refractivity contribution in [2.75, 3.05) is 19.8 Å². The molecule has 0 aliphatic rings. The van der Waals surface area contributed by atoms with E-state index in [0.717, 1.165) is 36.0 Å². The highest BCUT2D eigenvalue weighted by atomic mass is 127. The van der Waals surface area contributed by atoms with Gasteiger partial charge in [-0.1, -0.05) is 18.2 Å². The topological polar surface area (TPSA) is 99.2 Å². The van der Waals surface area contributed by atoms with E-state index in [0.29, 0.717) is 23.6 Å². The van der Waals surface area contributed by atoms with Crippen LogP contribution in [-0.2, 0) is 28.6 Å². The number of nitrogens with one attached hydrogen (secondary N) is 3. The van der Waals surface area contributed by atoms with E-state index in [1.807, 2.05) is 24.3 Å². The van der Waals surface area contributed by atoms with Crippen molar-refractivity contribution in [2.45, 2.75) is 25.1 Å². The van der Waals surface area contributed by atoms with Crippen molar-refractivity contribution < 1.29 is 12.8 Å². The highest BCUT2D eigenvalue weighted by Crippen LogP contribution is 2.14. The molecular formula is C21H27FIN5O2S. The van der Waals surface area contributed by atoms with Gasteiger partial charge in [-0.2, -0.15) is 0 Å². The van der Waals surface area contributed by atoms with Crippen molar-refractivity contribution >= 4 is 50.8 Å². The number of H-pyrrole nitrogens is 1. The number of aromatic amines is 1. The van der Waals surface area contributed by atoms with Gasteiger partial charge >= 0.3 is 0 Å². The van der Waals surface area contributed by atoms with Crippen LogP contribution in [0.1, 0.15) is 23.4 Å². The smallest absolute Gasteiger partial charge is 0.191 e. The number of guanidine groups is 1. The maximum Gasteiger partial charge on any atom is 0.191 e. The Balaban J connectivity index is 0.00000341. The zero-order valence-electron chi connectivity index (χ0n) is 17.5. The van der Waals surface area contributed by atoms with Gasteiger partial charge in [-0.15, -0.1) is 24.0 Å². The van der Waals surface area contributed by atoms with Crippen LogP contribution in [0.25, 0.3) is 11.0 Å². The van der Waals surface area contributed by atoms with E-state index in [1.54, 1.807) is 7.05 Å². The number of hydrogen-bond acceptors (Lipinski definition) is 4. The Hall–Kier alpha value is -2.21. The van der Waals surface area contributed by atoms with Gasteiger partial charge < -0.3 is 15.6 Å². The first-order valence-electron chi connectivity index (χ1n) is 9.67. The Kier molecular flexibility index (Phi) is 9.23. The summed E-state index contributed by atoms with van der Waals surface area (Å²) in [7, 11) is -1.57. The highest BCUT2D eigenvalue weighted by molar-refractivity contribution is 14.0. The summed E-state index contributed by atoms with van der Waals surface area (Å²) in [6, 6.07) is 12.0. The van der Waals surface area contributed by atoms with Gasteiger partial charge in [0.1, 0.15) is 11.6 Å². The molecule has 0 unspecified atom stereocenters. The first kappa shape index (κ1) is 25.1. The number of halogens is 2. The van der Waals surface area contributed by atoms with Crippen LogP contribution in [0.4, 0.5) is 4.39 Å². The van der Waals surface area contributed by atoms with Crippen LogP contribution in [-0.4, -0.2) is 44.2 Å². The third-order valence-corrected chi connectivity index (χ3v) is 5.41. The van der Waals surface area contributed by atoms with E-state index < -0.39 is 15.7 Å². The molecule has 2 aromatic carbocycles. The van der Waals surface area contributed by atoms with Crippen molar-refractivity contribution in [3.8, 4) is 0 Å². The van der Waals surface area contributed by atoms with E-state index in [2.05, 4.69) is 25.6 Å². The third kappa shape index (κ3) is 7.76. The number of rotatable bonds is 8. The molecule has 0 spiro atoms. The molecule has 7 nitrogen and oxygen atoms in total. The molecule has 0 saturated heterocycles. The number of aromatic nitrogens is 2. The maximum absolute atomic E-state index is 13.6. The number of imidazole rings is 1. The number of nitrogens with zero attached hydrogens (tertiary/aromatic N) is 2. The summed E-state index contributed by atoms with van der Waals surface area (Å²) in [4.78, 5) is 12.0. The first-order chi connectivity index (χ1) is 14.3. The molecule has 1 heterocycles. The summed E-state index contributed by atoms with van der Waals surface area (Å²) in [5.41, 5.74) is 3.15. The van der Waals surface area contributed by atoms with E-state index in [4.69, 9.17) is 0 Å². The van der Waals surface area contributed by atoms with Crippen LogP contribution in [0.3, 0.4) is 0 Å². The molecule has 0 aliphatic heterocycles. The van der Waals surface area contributed by atoms with E-state index in [-0.39, 0.29) is 36.3 Å². The molecule has 3 aromatic rings. The molecule has 31 heavy (non-hydrogen) atoms. The minimum absolute atomic E-state index is 0. The summed E-state index contributed by atoms with van der Waals surface area (Å²) in [5, 5.41) is 6.32. The van der Waals surface area contributed by atoms with Gasteiger partial charge in [-0.05, 0) is 41.8 Å². The molecule has 3 rings (SSSR count). The predicted molar refractivity (Wildman–Crippen MR) is 133 cm³/mol.